The number of hydrogen-bond acceptors (Lipinski definition) is 6. The number of nitrogens with one attached hydrogen (secondary N) is 2. The van der Waals surface area contributed by atoms with Crippen LogP contribution in [0.5, 0.6) is 0 Å². The Kier molecular flexibility index (Phi) is 4.89. The summed E-state index contributed by atoms with van der Waals surface area (Å²) in [7, 11) is 0. The summed E-state index contributed by atoms with van der Waals surface area (Å²) >= 11 is 0. The third-order valence-corrected chi connectivity index (χ3v) is 3.36. The lowest BCUT2D eigenvalue weighted by molar-refractivity contribution is 0.102. The molecule has 0 bridgehead atoms. The topological polar surface area (TPSA) is 106 Å². The van der Waals surface area contributed by atoms with Gasteiger partial charge in [-0.1, -0.05) is 0 Å². The van der Waals surface area contributed by atoms with Crippen molar-refractivity contribution in [3.63, 3.8) is 0 Å². The second-order valence-electron chi connectivity index (χ2n) is 5.10. The van der Waals surface area contributed by atoms with E-state index in [1.54, 1.807) is 37.3 Å². The number of carbonyl (C=O) groups excluding carboxylic acids is 2. The fourth-order valence-electron chi connectivity index (χ4n) is 2.20. The van der Waals surface area contributed by atoms with Gasteiger partial charge in [-0.15, -0.1) is 0 Å². The van der Waals surface area contributed by atoms with Crippen molar-refractivity contribution < 1.29 is 18.7 Å². The summed E-state index contributed by atoms with van der Waals surface area (Å²) in [6.07, 6.45) is 2.33. The number of pyridine rings is 1. The van der Waals surface area contributed by atoms with E-state index in [2.05, 4.69) is 20.6 Å². The zero-order chi connectivity index (χ0) is 17.6. The van der Waals surface area contributed by atoms with E-state index in [-0.39, 0.29) is 19.1 Å². The molecular formula is C17H16N4O4. The fraction of sp³-hybridized carbons (Fsp3) is 0.176. The predicted molar refractivity (Wildman–Crippen MR) is 90.1 cm³/mol. The van der Waals surface area contributed by atoms with E-state index in [0.717, 1.165) is 0 Å². The molecule has 0 aliphatic carbocycles. The zero-order valence-corrected chi connectivity index (χ0v) is 13.5. The van der Waals surface area contributed by atoms with Crippen molar-refractivity contribution >= 4 is 28.8 Å². The Bertz CT molecular complexity index is 906. The van der Waals surface area contributed by atoms with Gasteiger partial charge in [0.1, 0.15) is 5.52 Å². The van der Waals surface area contributed by atoms with E-state index in [1.165, 1.54) is 12.6 Å². The van der Waals surface area contributed by atoms with Crippen LogP contribution in [-0.4, -0.2) is 28.6 Å². The highest BCUT2D eigenvalue weighted by molar-refractivity contribution is 6.04. The summed E-state index contributed by atoms with van der Waals surface area (Å²) in [5, 5.41) is 5.35. The van der Waals surface area contributed by atoms with Crippen LogP contribution in [0.15, 0.2) is 47.3 Å². The predicted octanol–water partition coefficient (Wildman–Crippen LogP) is 2.72. The maximum absolute atomic E-state index is 12.4. The Morgan fingerprint density at radius 2 is 2.08 bits per heavy atom. The molecule has 128 valence electrons. The third kappa shape index (κ3) is 4.11. The average Bonchev–Trinajstić information content (AvgIpc) is 3.08. The molecule has 0 aliphatic heterocycles. The number of benzene rings is 1. The van der Waals surface area contributed by atoms with Crippen molar-refractivity contribution in [2.75, 3.05) is 11.9 Å². The molecule has 2 aromatic heterocycles. The second-order valence-corrected chi connectivity index (χ2v) is 5.10. The highest BCUT2D eigenvalue weighted by atomic mass is 16.5. The molecule has 8 nitrogen and oxygen atoms in total. The quantitative estimate of drug-likeness (QED) is 0.739. The van der Waals surface area contributed by atoms with E-state index < -0.39 is 6.09 Å². The zero-order valence-electron chi connectivity index (χ0n) is 13.5. The molecule has 2 N–H and O–H groups in total. The SMILES string of the molecule is CCOC(=O)NCc1cc(C(=O)Nc2ccc3ocnc3c2)ccn1. The minimum absolute atomic E-state index is 0.171. The number of carbonyl (C=O) groups is 2. The van der Waals surface area contributed by atoms with Crippen LogP contribution in [0.1, 0.15) is 23.0 Å². The van der Waals surface area contributed by atoms with Gasteiger partial charge in [0.05, 0.1) is 18.8 Å². The standard InChI is InChI=1S/C17H16N4O4/c1-2-24-17(23)19-9-13-7-11(5-6-18-13)16(22)21-12-3-4-15-14(8-12)20-10-25-15/h3-8,10H,2,9H2,1H3,(H,19,23)(H,21,22). The third-order valence-electron chi connectivity index (χ3n) is 3.36. The first kappa shape index (κ1) is 16.4. The number of hydrogen-bond donors (Lipinski definition) is 2. The molecule has 0 atom stereocenters. The molecule has 0 fully saturated rings. The fourth-order valence-corrected chi connectivity index (χ4v) is 2.20. The van der Waals surface area contributed by atoms with Crippen LogP contribution in [0.2, 0.25) is 0 Å². The maximum Gasteiger partial charge on any atom is 0.407 e. The van der Waals surface area contributed by atoms with Gasteiger partial charge in [-0.05, 0) is 37.3 Å². The van der Waals surface area contributed by atoms with Crippen molar-refractivity contribution in [3.8, 4) is 0 Å². The van der Waals surface area contributed by atoms with Gasteiger partial charge in [0.2, 0.25) is 0 Å². The van der Waals surface area contributed by atoms with Crippen LogP contribution < -0.4 is 10.6 Å². The molecule has 0 radical (unpaired) electrons. The number of anilines is 1. The van der Waals surface area contributed by atoms with E-state index in [4.69, 9.17) is 9.15 Å². The molecule has 25 heavy (non-hydrogen) atoms. The molecule has 0 aliphatic rings. The van der Waals surface area contributed by atoms with E-state index >= 15 is 0 Å². The number of amides is 2. The maximum atomic E-state index is 12.4. The minimum atomic E-state index is -0.528. The van der Waals surface area contributed by atoms with Crippen molar-refractivity contribution in [1.29, 1.82) is 0 Å². The number of ether oxygens (including phenoxy) is 1. The minimum Gasteiger partial charge on any atom is -0.450 e. The molecule has 0 spiro atoms. The first-order valence-corrected chi connectivity index (χ1v) is 7.66. The van der Waals surface area contributed by atoms with Crippen LogP contribution in [0, 0.1) is 0 Å². The van der Waals surface area contributed by atoms with Crippen molar-refractivity contribution in [2.24, 2.45) is 0 Å². The number of oxazole rings is 1. The lowest BCUT2D eigenvalue weighted by atomic mass is 10.2. The normalized spacial score (nSPS) is 10.4. The van der Waals surface area contributed by atoms with Crippen LogP contribution in [0.4, 0.5) is 10.5 Å². The Balaban J connectivity index is 1.67. The largest absolute Gasteiger partial charge is 0.450 e. The number of rotatable bonds is 5. The molecule has 0 saturated heterocycles. The monoisotopic (exact) mass is 340 g/mol. The van der Waals surface area contributed by atoms with Crippen molar-refractivity contribution in [3.05, 3.63) is 54.2 Å². The molecule has 8 heteroatoms. The molecule has 3 aromatic rings. The van der Waals surface area contributed by atoms with Gasteiger partial charge in [-0.3, -0.25) is 9.78 Å². The highest BCUT2D eigenvalue weighted by Crippen LogP contribution is 2.18. The second kappa shape index (κ2) is 7.43. The number of fused-ring (bicyclic) bond motifs is 1. The number of nitrogens with zero attached hydrogens (tertiary/aromatic N) is 2. The summed E-state index contributed by atoms with van der Waals surface area (Å²) in [6, 6.07) is 8.39. The lowest BCUT2D eigenvalue weighted by Crippen LogP contribution is -2.24. The van der Waals surface area contributed by atoms with E-state index in [0.29, 0.717) is 28.0 Å². The molecule has 2 heterocycles. The van der Waals surface area contributed by atoms with Crippen LogP contribution >= 0.6 is 0 Å². The first-order valence-electron chi connectivity index (χ1n) is 7.66. The van der Waals surface area contributed by atoms with Gasteiger partial charge in [-0.2, -0.15) is 0 Å². The molecule has 0 unspecified atom stereocenters. The van der Waals surface area contributed by atoms with Crippen LogP contribution in [-0.2, 0) is 11.3 Å². The first-order chi connectivity index (χ1) is 12.2. The Hall–Kier alpha value is -3.42. The van der Waals surface area contributed by atoms with Gasteiger partial charge < -0.3 is 19.8 Å². The highest BCUT2D eigenvalue weighted by Gasteiger charge is 2.09. The molecule has 3 rings (SSSR count). The van der Waals surface area contributed by atoms with Gasteiger partial charge in [-0.25, -0.2) is 9.78 Å². The molecule has 0 saturated carbocycles. The van der Waals surface area contributed by atoms with Crippen molar-refractivity contribution in [1.82, 2.24) is 15.3 Å². The molecule has 2 amide bonds. The van der Waals surface area contributed by atoms with Gasteiger partial charge in [0, 0.05) is 17.4 Å². The Labute approximate surface area is 143 Å². The Morgan fingerprint density at radius 3 is 2.92 bits per heavy atom. The summed E-state index contributed by atoms with van der Waals surface area (Å²) in [5.74, 6) is -0.289. The summed E-state index contributed by atoms with van der Waals surface area (Å²) in [4.78, 5) is 31.9. The van der Waals surface area contributed by atoms with Gasteiger partial charge in [0.15, 0.2) is 12.0 Å². The van der Waals surface area contributed by atoms with Gasteiger partial charge in [0.25, 0.3) is 5.91 Å². The van der Waals surface area contributed by atoms with E-state index in [9.17, 15) is 9.59 Å². The average molecular weight is 340 g/mol. The molecular weight excluding hydrogens is 324 g/mol. The van der Waals surface area contributed by atoms with Crippen LogP contribution in [0.25, 0.3) is 11.1 Å². The van der Waals surface area contributed by atoms with Gasteiger partial charge >= 0.3 is 6.09 Å². The van der Waals surface area contributed by atoms with E-state index in [1.807, 2.05) is 0 Å². The smallest absolute Gasteiger partial charge is 0.407 e. The molecule has 1 aromatic carbocycles. The summed E-state index contributed by atoms with van der Waals surface area (Å²) in [6.45, 7) is 2.18. The number of alkyl carbamates (subject to hydrolysis) is 1. The summed E-state index contributed by atoms with van der Waals surface area (Å²) < 4.78 is 9.94. The lowest BCUT2D eigenvalue weighted by Gasteiger charge is -2.07. The van der Waals surface area contributed by atoms with Crippen LogP contribution in [0.3, 0.4) is 0 Å². The number of aromatic nitrogens is 2. The van der Waals surface area contributed by atoms with Crippen molar-refractivity contribution in [2.45, 2.75) is 13.5 Å². The summed E-state index contributed by atoms with van der Waals surface area (Å²) in [5.41, 5.74) is 2.89. The Morgan fingerprint density at radius 1 is 1.20 bits per heavy atom.